The summed E-state index contributed by atoms with van der Waals surface area (Å²) in [6.07, 6.45) is 8.33. The smallest absolute Gasteiger partial charge is 0.0428 e. The number of piperidine rings is 1. The van der Waals surface area contributed by atoms with Crippen LogP contribution in [-0.4, -0.2) is 12.6 Å². The zero-order valence-electron chi connectivity index (χ0n) is 12.3. The molecule has 1 heterocycles. The van der Waals surface area contributed by atoms with E-state index in [1.54, 1.807) is 0 Å². The van der Waals surface area contributed by atoms with Gasteiger partial charge in [-0.2, -0.15) is 0 Å². The van der Waals surface area contributed by atoms with Crippen LogP contribution in [0.2, 0.25) is 0 Å². The molecule has 1 aromatic carbocycles. The fraction of sp³-hybridized carbons (Fsp3) is 0.647. The van der Waals surface area contributed by atoms with E-state index in [9.17, 15) is 0 Å². The molecule has 3 rings (SSSR count). The molecule has 1 aliphatic carbocycles. The number of hydrogen-bond acceptors (Lipinski definition) is 2. The molecule has 110 valence electrons. The van der Waals surface area contributed by atoms with Crippen molar-refractivity contribution in [3.8, 4) is 0 Å². The minimum absolute atomic E-state index is 0.0991. The summed E-state index contributed by atoms with van der Waals surface area (Å²) in [6, 6.07) is 7.42. The molecule has 1 saturated carbocycles. The first-order chi connectivity index (χ1) is 9.66. The van der Waals surface area contributed by atoms with Crippen LogP contribution in [0.5, 0.6) is 0 Å². The molecule has 2 aliphatic rings. The Morgan fingerprint density at radius 3 is 2.75 bits per heavy atom. The molecule has 0 bridgehead atoms. The third-order valence-electron chi connectivity index (χ3n) is 5.04. The summed E-state index contributed by atoms with van der Waals surface area (Å²) < 4.78 is 1.16. The summed E-state index contributed by atoms with van der Waals surface area (Å²) in [4.78, 5) is 2.66. The zero-order valence-corrected chi connectivity index (χ0v) is 13.9. The number of nitrogens with two attached hydrogens (primary N) is 1. The van der Waals surface area contributed by atoms with Crippen LogP contribution < -0.4 is 10.6 Å². The normalized spacial score (nSPS) is 28.1. The second-order valence-electron chi connectivity index (χ2n) is 6.44. The van der Waals surface area contributed by atoms with Gasteiger partial charge in [0.2, 0.25) is 0 Å². The highest BCUT2D eigenvalue weighted by atomic mass is 79.9. The van der Waals surface area contributed by atoms with Gasteiger partial charge in [-0.15, -0.1) is 0 Å². The molecule has 0 radical (unpaired) electrons. The molecule has 0 aromatic heterocycles. The quantitative estimate of drug-likeness (QED) is 0.853. The van der Waals surface area contributed by atoms with E-state index >= 15 is 0 Å². The van der Waals surface area contributed by atoms with Crippen molar-refractivity contribution in [2.45, 2.75) is 57.5 Å². The van der Waals surface area contributed by atoms with Crippen LogP contribution in [0.3, 0.4) is 0 Å². The van der Waals surface area contributed by atoms with Gasteiger partial charge in [-0.25, -0.2) is 0 Å². The maximum atomic E-state index is 6.20. The molecular weight excluding hydrogens is 312 g/mol. The number of halogens is 1. The third-order valence-corrected chi connectivity index (χ3v) is 5.53. The van der Waals surface area contributed by atoms with Crippen molar-refractivity contribution in [3.05, 3.63) is 28.2 Å². The Hall–Kier alpha value is -0.540. The lowest BCUT2D eigenvalue weighted by Gasteiger charge is -2.46. The molecule has 3 heteroatoms. The highest BCUT2D eigenvalue weighted by Gasteiger charge is 2.34. The maximum absolute atomic E-state index is 6.20. The summed E-state index contributed by atoms with van der Waals surface area (Å²) in [5.41, 5.74) is 8.86. The molecule has 1 aromatic rings. The van der Waals surface area contributed by atoms with Crippen molar-refractivity contribution in [2.24, 2.45) is 11.7 Å². The first-order valence-electron chi connectivity index (χ1n) is 7.98. The lowest BCUT2D eigenvalue weighted by atomic mass is 9.78. The number of benzene rings is 1. The molecule has 3 unspecified atom stereocenters. The molecule has 20 heavy (non-hydrogen) atoms. The van der Waals surface area contributed by atoms with Crippen molar-refractivity contribution < 1.29 is 0 Å². The van der Waals surface area contributed by atoms with Crippen LogP contribution >= 0.6 is 15.9 Å². The maximum Gasteiger partial charge on any atom is 0.0428 e. The van der Waals surface area contributed by atoms with Crippen molar-refractivity contribution in [2.75, 3.05) is 11.4 Å². The first kappa shape index (κ1) is 14.4. The SMILES string of the molecule is CC(N)c1ccc(Br)cc1N1CCCC2CCCCC21. The molecule has 1 saturated heterocycles. The zero-order chi connectivity index (χ0) is 14.1. The van der Waals surface area contributed by atoms with Gasteiger partial charge < -0.3 is 10.6 Å². The second kappa shape index (κ2) is 6.07. The van der Waals surface area contributed by atoms with Gasteiger partial charge in [-0.05, 0) is 56.2 Å². The van der Waals surface area contributed by atoms with E-state index in [2.05, 4.69) is 46.0 Å². The summed E-state index contributed by atoms with van der Waals surface area (Å²) in [5.74, 6) is 0.900. The number of rotatable bonds is 2. The molecule has 1 aliphatic heterocycles. The van der Waals surface area contributed by atoms with Crippen molar-refractivity contribution in [1.29, 1.82) is 0 Å². The summed E-state index contributed by atoms with van der Waals surface area (Å²) in [6.45, 7) is 3.28. The Balaban J connectivity index is 1.96. The average Bonchev–Trinajstić information content (AvgIpc) is 2.46. The lowest BCUT2D eigenvalue weighted by molar-refractivity contribution is 0.243. The number of nitrogens with zero attached hydrogens (tertiary/aromatic N) is 1. The lowest BCUT2D eigenvalue weighted by Crippen LogP contribution is -2.47. The van der Waals surface area contributed by atoms with E-state index in [1.165, 1.54) is 56.3 Å². The Kier molecular flexibility index (Phi) is 4.37. The van der Waals surface area contributed by atoms with E-state index in [1.807, 2.05) is 0 Å². The summed E-state index contributed by atoms with van der Waals surface area (Å²) in [5, 5.41) is 0. The van der Waals surface area contributed by atoms with Gasteiger partial charge in [-0.1, -0.05) is 34.8 Å². The van der Waals surface area contributed by atoms with Gasteiger partial charge in [0.15, 0.2) is 0 Å². The number of anilines is 1. The third kappa shape index (κ3) is 2.75. The van der Waals surface area contributed by atoms with Gasteiger partial charge in [-0.3, -0.25) is 0 Å². The standard InChI is InChI=1S/C17H25BrN2/c1-12(19)15-9-8-14(18)11-17(15)20-10-4-6-13-5-2-3-7-16(13)20/h8-9,11-13,16H,2-7,10,19H2,1H3. The monoisotopic (exact) mass is 336 g/mol. The van der Waals surface area contributed by atoms with Crippen molar-refractivity contribution in [1.82, 2.24) is 0 Å². The van der Waals surface area contributed by atoms with E-state index in [0.29, 0.717) is 0 Å². The largest absolute Gasteiger partial charge is 0.368 e. The predicted octanol–water partition coefficient (Wildman–Crippen LogP) is 4.63. The van der Waals surface area contributed by atoms with Crippen LogP contribution in [0.15, 0.2) is 22.7 Å². The highest BCUT2D eigenvalue weighted by molar-refractivity contribution is 9.10. The molecule has 3 atom stereocenters. The summed E-state index contributed by atoms with van der Waals surface area (Å²) in [7, 11) is 0. The summed E-state index contributed by atoms with van der Waals surface area (Å²) >= 11 is 3.63. The fourth-order valence-electron chi connectivity index (χ4n) is 4.07. The van der Waals surface area contributed by atoms with Gasteiger partial charge in [0.1, 0.15) is 0 Å². The van der Waals surface area contributed by atoms with Crippen LogP contribution in [0, 0.1) is 5.92 Å². The fourth-order valence-corrected chi connectivity index (χ4v) is 4.42. The van der Waals surface area contributed by atoms with Crippen LogP contribution in [0.25, 0.3) is 0 Å². The van der Waals surface area contributed by atoms with Crippen LogP contribution in [0.4, 0.5) is 5.69 Å². The van der Waals surface area contributed by atoms with E-state index in [-0.39, 0.29) is 6.04 Å². The number of hydrogen-bond donors (Lipinski definition) is 1. The minimum Gasteiger partial charge on any atom is -0.368 e. The van der Waals surface area contributed by atoms with Gasteiger partial charge in [0, 0.05) is 28.8 Å². The Labute approximate surface area is 130 Å². The van der Waals surface area contributed by atoms with Crippen molar-refractivity contribution >= 4 is 21.6 Å². The van der Waals surface area contributed by atoms with Gasteiger partial charge in [0.25, 0.3) is 0 Å². The molecular formula is C17H25BrN2. The number of fused-ring (bicyclic) bond motifs is 1. The van der Waals surface area contributed by atoms with Crippen LogP contribution in [-0.2, 0) is 0 Å². The Morgan fingerprint density at radius 2 is 1.95 bits per heavy atom. The topological polar surface area (TPSA) is 29.3 Å². The van der Waals surface area contributed by atoms with Gasteiger partial charge in [0.05, 0.1) is 0 Å². The minimum atomic E-state index is 0.0991. The molecule has 0 spiro atoms. The van der Waals surface area contributed by atoms with Gasteiger partial charge >= 0.3 is 0 Å². The van der Waals surface area contributed by atoms with Crippen molar-refractivity contribution in [3.63, 3.8) is 0 Å². The Morgan fingerprint density at radius 1 is 1.20 bits per heavy atom. The first-order valence-corrected chi connectivity index (χ1v) is 8.78. The van der Waals surface area contributed by atoms with E-state index < -0.39 is 0 Å². The molecule has 0 amide bonds. The average molecular weight is 337 g/mol. The van der Waals surface area contributed by atoms with E-state index in [0.717, 1.165) is 16.4 Å². The predicted molar refractivity (Wildman–Crippen MR) is 89.1 cm³/mol. The highest BCUT2D eigenvalue weighted by Crippen LogP contribution is 2.40. The molecule has 2 fully saturated rings. The molecule has 2 N–H and O–H groups in total. The second-order valence-corrected chi connectivity index (χ2v) is 7.35. The van der Waals surface area contributed by atoms with Crippen LogP contribution in [0.1, 0.15) is 57.1 Å². The molecule has 2 nitrogen and oxygen atoms in total. The Bertz CT molecular complexity index is 470. The van der Waals surface area contributed by atoms with E-state index in [4.69, 9.17) is 5.73 Å².